The molecule has 6 nitrogen and oxygen atoms in total. The number of rotatable bonds is 11. The number of hydrazine groups is 1. The van der Waals surface area contributed by atoms with Crippen LogP contribution in [0.1, 0.15) is 36.8 Å². The molecule has 0 saturated heterocycles. The summed E-state index contributed by atoms with van der Waals surface area (Å²) in [5.74, 6) is 0.968. The minimum atomic E-state index is -0.795. The van der Waals surface area contributed by atoms with E-state index in [1.165, 1.54) is 0 Å². The fraction of sp³-hybridized carbons (Fsp3) is 0.407. The second kappa shape index (κ2) is 10.7. The number of carboxylic acid groups (broad SMARTS) is 1. The van der Waals surface area contributed by atoms with E-state index >= 15 is 0 Å². The lowest BCUT2D eigenvalue weighted by Crippen LogP contribution is -2.48. The third-order valence-corrected chi connectivity index (χ3v) is 6.59. The van der Waals surface area contributed by atoms with Gasteiger partial charge in [-0.3, -0.25) is 9.80 Å². The SMILES string of the molecule is CNN(Cc1ccccc1)C(=N/C=C/c1ccccc1OC)C(C(=O)O)C(C1CC1)C1CC1. The van der Waals surface area contributed by atoms with E-state index in [1.54, 1.807) is 13.3 Å². The highest BCUT2D eigenvalue weighted by molar-refractivity contribution is 6.01. The predicted octanol–water partition coefficient (Wildman–Crippen LogP) is 4.84. The quantitative estimate of drug-likeness (QED) is 0.293. The maximum atomic E-state index is 12.7. The number of hydrogen-bond donors (Lipinski definition) is 2. The Morgan fingerprint density at radius 1 is 1.12 bits per heavy atom. The zero-order valence-corrected chi connectivity index (χ0v) is 19.4. The second-order valence-corrected chi connectivity index (χ2v) is 8.91. The van der Waals surface area contributed by atoms with Gasteiger partial charge in [-0.15, -0.1) is 0 Å². The molecule has 0 radical (unpaired) electrons. The van der Waals surface area contributed by atoms with Gasteiger partial charge in [0.1, 0.15) is 17.5 Å². The van der Waals surface area contributed by atoms with Gasteiger partial charge in [-0.1, -0.05) is 48.5 Å². The van der Waals surface area contributed by atoms with Crippen molar-refractivity contribution in [2.24, 2.45) is 28.7 Å². The molecule has 0 amide bonds. The van der Waals surface area contributed by atoms with E-state index in [-0.39, 0.29) is 5.92 Å². The van der Waals surface area contributed by atoms with Crippen molar-refractivity contribution in [2.75, 3.05) is 14.2 Å². The van der Waals surface area contributed by atoms with E-state index in [0.717, 1.165) is 42.6 Å². The number of ether oxygens (including phenoxy) is 1. The Balaban J connectivity index is 1.70. The molecule has 2 aliphatic rings. The van der Waals surface area contributed by atoms with Crippen LogP contribution in [0, 0.1) is 23.7 Å². The molecule has 6 heteroatoms. The van der Waals surface area contributed by atoms with Crippen molar-refractivity contribution in [3.05, 3.63) is 71.9 Å². The number of aliphatic imine (C=N–C) groups is 1. The molecule has 1 atom stereocenters. The van der Waals surface area contributed by atoms with Crippen LogP contribution in [0.15, 0.2) is 65.8 Å². The summed E-state index contributed by atoms with van der Waals surface area (Å²) in [5.41, 5.74) is 5.20. The minimum absolute atomic E-state index is 0.132. The zero-order valence-electron chi connectivity index (χ0n) is 19.4. The van der Waals surface area contributed by atoms with Gasteiger partial charge in [-0.2, -0.15) is 0 Å². The summed E-state index contributed by atoms with van der Waals surface area (Å²) in [7, 11) is 3.46. The molecule has 174 valence electrons. The van der Waals surface area contributed by atoms with Gasteiger partial charge in [0.15, 0.2) is 0 Å². The van der Waals surface area contributed by atoms with Crippen molar-refractivity contribution in [3.8, 4) is 5.75 Å². The molecule has 0 spiro atoms. The fourth-order valence-corrected chi connectivity index (χ4v) is 4.70. The highest BCUT2D eigenvalue weighted by Gasteiger charge is 2.50. The molecule has 0 aliphatic heterocycles. The number of hydrogen-bond acceptors (Lipinski definition) is 4. The summed E-state index contributed by atoms with van der Waals surface area (Å²) >= 11 is 0. The standard InChI is InChI=1S/C27H33N3O3/c1-28-30(18-19-8-4-3-5-9-19)26(29-17-16-20-10-6-7-11-23(20)33-2)25(27(31)32)24(21-12-13-21)22-14-15-22/h3-11,16-17,21-22,24-25,28H,12-15,18H2,1-2H3,(H,31,32)/b17-16+,29-26?. The molecule has 1 unspecified atom stereocenters. The fourth-order valence-electron chi connectivity index (χ4n) is 4.70. The lowest BCUT2D eigenvalue weighted by molar-refractivity contribution is -0.141. The van der Waals surface area contributed by atoms with Gasteiger partial charge in [-0.25, -0.2) is 10.4 Å². The van der Waals surface area contributed by atoms with E-state index in [2.05, 4.69) is 5.43 Å². The van der Waals surface area contributed by atoms with Crippen LogP contribution in [0.25, 0.3) is 6.08 Å². The normalized spacial score (nSPS) is 17.4. The van der Waals surface area contributed by atoms with Crippen LogP contribution in [-0.4, -0.2) is 36.1 Å². The Morgan fingerprint density at radius 3 is 2.33 bits per heavy atom. The van der Waals surface area contributed by atoms with Crippen LogP contribution in [0.4, 0.5) is 0 Å². The summed E-state index contributed by atoms with van der Waals surface area (Å²) in [5, 5.41) is 12.3. The zero-order chi connectivity index (χ0) is 23.2. The Labute approximate surface area is 196 Å². The van der Waals surface area contributed by atoms with Crippen molar-refractivity contribution in [2.45, 2.75) is 32.2 Å². The van der Waals surface area contributed by atoms with E-state index in [4.69, 9.17) is 9.73 Å². The van der Waals surface area contributed by atoms with Gasteiger partial charge < -0.3 is 9.84 Å². The molecule has 4 rings (SSSR count). The molecule has 2 aromatic rings. The van der Waals surface area contributed by atoms with Crippen LogP contribution in [0.5, 0.6) is 5.75 Å². The average molecular weight is 448 g/mol. The molecule has 2 aliphatic carbocycles. The first-order chi connectivity index (χ1) is 16.1. The number of methoxy groups -OCH3 is 1. The molecule has 33 heavy (non-hydrogen) atoms. The van der Waals surface area contributed by atoms with Gasteiger partial charge in [0, 0.05) is 18.8 Å². The average Bonchev–Trinajstić information content (AvgIpc) is 3.75. The number of para-hydroxylation sites is 1. The summed E-state index contributed by atoms with van der Waals surface area (Å²) in [4.78, 5) is 17.5. The van der Waals surface area contributed by atoms with Crippen LogP contribution < -0.4 is 10.2 Å². The molecular weight excluding hydrogens is 414 g/mol. The Morgan fingerprint density at radius 2 is 1.76 bits per heavy atom. The largest absolute Gasteiger partial charge is 0.496 e. The van der Waals surface area contributed by atoms with Gasteiger partial charge in [0.05, 0.1) is 13.7 Å². The molecule has 0 bridgehead atoms. The maximum absolute atomic E-state index is 12.7. The number of nitrogens with one attached hydrogen (secondary N) is 1. The van der Waals surface area contributed by atoms with Crippen molar-refractivity contribution >= 4 is 17.9 Å². The van der Waals surface area contributed by atoms with E-state index in [9.17, 15) is 9.90 Å². The molecular formula is C27H33N3O3. The Hall–Kier alpha value is -3.12. The Bertz CT molecular complexity index is 985. The summed E-state index contributed by atoms with van der Waals surface area (Å²) in [6.45, 7) is 0.532. The number of carboxylic acids is 1. The lowest BCUT2D eigenvalue weighted by Gasteiger charge is -2.32. The maximum Gasteiger partial charge on any atom is 0.314 e. The number of nitrogens with zero attached hydrogens (tertiary/aromatic N) is 2. The number of carbonyl (C=O) groups is 1. The van der Waals surface area contributed by atoms with Crippen LogP contribution in [0.2, 0.25) is 0 Å². The van der Waals surface area contributed by atoms with Gasteiger partial charge >= 0.3 is 5.97 Å². The number of amidine groups is 1. The monoisotopic (exact) mass is 447 g/mol. The van der Waals surface area contributed by atoms with Gasteiger partial charge in [0.25, 0.3) is 0 Å². The predicted molar refractivity (Wildman–Crippen MR) is 131 cm³/mol. The molecule has 2 saturated carbocycles. The number of benzene rings is 2. The van der Waals surface area contributed by atoms with E-state index < -0.39 is 11.9 Å². The van der Waals surface area contributed by atoms with Crippen LogP contribution in [-0.2, 0) is 11.3 Å². The minimum Gasteiger partial charge on any atom is -0.496 e. The first-order valence-corrected chi connectivity index (χ1v) is 11.7. The number of aliphatic carboxylic acids is 1. The van der Waals surface area contributed by atoms with E-state index in [1.807, 2.05) is 72.7 Å². The van der Waals surface area contributed by atoms with Crippen LogP contribution >= 0.6 is 0 Å². The highest BCUT2D eigenvalue weighted by Crippen LogP contribution is 2.53. The van der Waals surface area contributed by atoms with Crippen molar-refractivity contribution in [3.63, 3.8) is 0 Å². The molecule has 2 fully saturated rings. The first-order valence-electron chi connectivity index (χ1n) is 11.7. The summed E-state index contributed by atoms with van der Waals surface area (Å²) in [6.07, 6.45) is 8.05. The first kappa shape index (κ1) is 23.1. The smallest absolute Gasteiger partial charge is 0.314 e. The highest BCUT2D eigenvalue weighted by atomic mass is 16.5. The van der Waals surface area contributed by atoms with Crippen LogP contribution in [0.3, 0.4) is 0 Å². The molecule has 2 aromatic carbocycles. The third kappa shape index (κ3) is 5.82. The van der Waals surface area contributed by atoms with Crippen molar-refractivity contribution in [1.82, 2.24) is 10.4 Å². The lowest BCUT2D eigenvalue weighted by atomic mass is 9.82. The van der Waals surface area contributed by atoms with Gasteiger partial charge in [0.2, 0.25) is 0 Å². The summed E-state index contributed by atoms with van der Waals surface area (Å²) in [6, 6.07) is 17.8. The third-order valence-electron chi connectivity index (χ3n) is 6.59. The van der Waals surface area contributed by atoms with Crippen molar-refractivity contribution < 1.29 is 14.6 Å². The summed E-state index contributed by atoms with van der Waals surface area (Å²) < 4.78 is 5.44. The molecule has 0 heterocycles. The topological polar surface area (TPSA) is 74.2 Å². The second-order valence-electron chi connectivity index (χ2n) is 8.91. The van der Waals surface area contributed by atoms with Gasteiger partial charge in [-0.05, 0) is 61.1 Å². The van der Waals surface area contributed by atoms with Crippen molar-refractivity contribution in [1.29, 1.82) is 0 Å². The molecule has 2 N–H and O–H groups in total. The Kier molecular flexibility index (Phi) is 7.45. The van der Waals surface area contributed by atoms with E-state index in [0.29, 0.717) is 24.2 Å². The molecule has 0 aromatic heterocycles.